The molecule has 6 heteroatoms. The third-order valence-electron chi connectivity index (χ3n) is 2.73. The Kier molecular flexibility index (Phi) is 3.18. The number of benzene rings is 1. The molecule has 0 bridgehead atoms. The molecule has 0 amide bonds. The Morgan fingerprint density at radius 2 is 1.95 bits per heavy atom. The summed E-state index contributed by atoms with van der Waals surface area (Å²) in [6.07, 6.45) is -4.31. The number of hydrogen-bond donors (Lipinski definition) is 0. The summed E-state index contributed by atoms with van der Waals surface area (Å²) in [5, 5.41) is 0. The van der Waals surface area contributed by atoms with E-state index in [1.807, 2.05) is 0 Å². The standard InChI is InChI=1S/C13H9F3O3/c1-7(17)8-2-3-11-9(4-8)5-10(6-19-11)12(18)13(14,15)16/h2-4,6H,5H2,1H3. The Labute approximate surface area is 106 Å². The van der Waals surface area contributed by atoms with Gasteiger partial charge in [-0.1, -0.05) is 0 Å². The Morgan fingerprint density at radius 1 is 1.26 bits per heavy atom. The maximum Gasteiger partial charge on any atom is 0.454 e. The fourth-order valence-electron chi connectivity index (χ4n) is 1.75. The van der Waals surface area contributed by atoms with Crippen molar-refractivity contribution in [3.8, 4) is 5.75 Å². The van der Waals surface area contributed by atoms with Crippen LogP contribution in [0.2, 0.25) is 0 Å². The zero-order chi connectivity index (χ0) is 14.2. The summed E-state index contributed by atoms with van der Waals surface area (Å²) < 4.78 is 41.9. The Hall–Kier alpha value is -2.11. The maximum absolute atomic E-state index is 12.3. The van der Waals surface area contributed by atoms with Gasteiger partial charge in [0, 0.05) is 23.1 Å². The van der Waals surface area contributed by atoms with E-state index in [-0.39, 0.29) is 12.2 Å². The average Bonchev–Trinajstić information content (AvgIpc) is 2.35. The summed E-state index contributed by atoms with van der Waals surface area (Å²) in [7, 11) is 0. The summed E-state index contributed by atoms with van der Waals surface area (Å²) in [5.74, 6) is -1.78. The van der Waals surface area contributed by atoms with E-state index in [1.165, 1.54) is 25.1 Å². The van der Waals surface area contributed by atoms with Gasteiger partial charge in [0.25, 0.3) is 5.78 Å². The molecule has 2 rings (SSSR count). The smallest absolute Gasteiger partial charge is 0.454 e. The minimum atomic E-state index is -4.93. The molecule has 0 spiro atoms. The molecule has 0 aromatic heterocycles. The fourth-order valence-corrected chi connectivity index (χ4v) is 1.75. The van der Waals surface area contributed by atoms with Gasteiger partial charge in [-0.15, -0.1) is 0 Å². The lowest BCUT2D eigenvalue weighted by Gasteiger charge is -2.18. The highest BCUT2D eigenvalue weighted by Crippen LogP contribution is 2.31. The van der Waals surface area contributed by atoms with Crippen LogP contribution >= 0.6 is 0 Å². The van der Waals surface area contributed by atoms with Gasteiger partial charge in [-0.2, -0.15) is 13.2 Å². The summed E-state index contributed by atoms with van der Waals surface area (Å²) in [6.45, 7) is 1.35. The van der Waals surface area contributed by atoms with E-state index in [4.69, 9.17) is 4.74 Å². The number of ether oxygens (including phenoxy) is 1. The molecule has 1 aromatic carbocycles. The van der Waals surface area contributed by atoms with Gasteiger partial charge in [0.1, 0.15) is 5.75 Å². The molecular formula is C13H9F3O3. The summed E-state index contributed by atoms with van der Waals surface area (Å²) in [6, 6.07) is 4.46. The number of rotatable bonds is 2. The van der Waals surface area contributed by atoms with Crippen LogP contribution in [0.25, 0.3) is 0 Å². The maximum atomic E-state index is 12.3. The van der Waals surface area contributed by atoms with E-state index >= 15 is 0 Å². The van der Waals surface area contributed by atoms with Crippen LogP contribution in [0.3, 0.4) is 0 Å². The van der Waals surface area contributed by atoms with Gasteiger partial charge in [0.2, 0.25) is 0 Å². The number of hydrogen-bond acceptors (Lipinski definition) is 3. The molecule has 19 heavy (non-hydrogen) atoms. The second kappa shape index (κ2) is 4.53. The Morgan fingerprint density at radius 3 is 2.53 bits per heavy atom. The van der Waals surface area contributed by atoms with Gasteiger partial charge in [-0.25, -0.2) is 0 Å². The van der Waals surface area contributed by atoms with Crippen LogP contribution in [0, 0.1) is 0 Å². The first-order valence-corrected chi connectivity index (χ1v) is 5.40. The molecular weight excluding hydrogens is 261 g/mol. The first-order chi connectivity index (χ1) is 8.79. The van der Waals surface area contributed by atoms with Crippen molar-refractivity contribution in [2.75, 3.05) is 0 Å². The van der Waals surface area contributed by atoms with Crippen LogP contribution in [0.4, 0.5) is 13.2 Å². The van der Waals surface area contributed by atoms with Crippen LogP contribution in [-0.2, 0) is 11.2 Å². The Balaban J connectivity index is 2.30. The van der Waals surface area contributed by atoms with E-state index in [2.05, 4.69) is 0 Å². The van der Waals surface area contributed by atoms with Gasteiger partial charge >= 0.3 is 6.18 Å². The predicted molar refractivity (Wildman–Crippen MR) is 59.9 cm³/mol. The zero-order valence-electron chi connectivity index (χ0n) is 9.88. The van der Waals surface area contributed by atoms with E-state index in [9.17, 15) is 22.8 Å². The van der Waals surface area contributed by atoms with E-state index in [0.29, 0.717) is 16.9 Å². The molecule has 1 heterocycles. The van der Waals surface area contributed by atoms with E-state index < -0.39 is 17.5 Å². The lowest BCUT2D eigenvalue weighted by atomic mass is 9.97. The van der Waals surface area contributed by atoms with Crippen LogP contribution in [-0.4, -0.2) is 17.7 Å². The molecule has 1 aliphatic rings. The molecule has 0 unspecified atom stereocenters. The summed E-state index contributed by atoms with van der Waals surface area (Å²) in [5.41, 5.74) is 0.284. The highest BCUT2D eigenvalue weighted by Gasteiger charge is 2.41. The number of carbonyl (C=O) groups is 2. The van der Waals surface area contributed by atoms with Gasteiger partial charge in [-0.3, -0.25) is 9.59 Å². The van der Waals surface area contributed by atoms with Crippen LogP contribution in [0.1, 0.15) is 22.8 Å². The molecule has 0 N–H and O–H groups in total. The van der Waals surface area contributed by atoms with Crippen LogP contribution in [0.5, 0.6) is 5.75 Å². The van der Waals surface area contributed by atoms with Crippen LogP contribution < -0.4 is 4.74 Å². The van der Waals surface area contributed by atoms with E-state index in [1.54, 1.807) is 0 Å². The quantitative estimate of drug-likeness (QED) is 0.776. The molecule has 3 nitrogen and oxygen atoms in total. The molecule has 0 fully saturated rings. The third kappa shape index (κ3) is 2.67. The SMILES string of the molecule is CC(=O)c1ccc2c(c1)CC(C(=O)C(F)(F)F)=CO2. The number of carbonyl (C=O) groups excluding carboxylic acids is 2. The van der Waals surface area contributed by atoms with Crippen molar-refractivity contribution in [3.05, 3.63) is 41.2 Å². The van der Waals surface area contributed by atoms with Gasteiger partial charge in [0.15, 0.2) is 5.78 Å². The number of alkyl halides is 3. The van der Waals surface area contributed by atoms with Crippen molar-refractivity contribution in [1.82, 2.24) is 0 Å². The predicted octanol–water partition coefficient (Wildman–Crippen LogP) is 2.84. The number of halogens is 3. The number of fused-ring (bicyclic) bond motifs is 1. The molecule has 0 aliphatic carbocycles. The lowest BCUT2D eigenvalue weighted by molar-refractivity contribution is -0.166. The largest absolute Gasteiger partial charge is 0.464 e. The highest BCUT2D eigenvalue weighted by molar-refractivity contribution is 6.00. The fraction of sp³-hybridized carbons (Fsp3) is 0.231. The monoisotopic (exact) mass is 270 g/mol. The van der Waals surface area contributed by atoms with Crippen molar-refractivity contribution in [3.63, 3.8) is 0 Å². The van der Waals surface area contributed by atoms with Gasteiger partial charge < -0.3 is 4.74 Å². The van der Waals surface area contributed by atoms with Crippen molar-refractivity contribution in [2.24, 2.45) is 0 Å². The van der Waals surface area contributed by atoms with Crippen molar-refractivity contribution >= 4 is 11.6 Å². The summed E-state index contributed by atoms with van der Waals surface area (Å²) in [4.78, 5) is 22.3. The third-order valence-corrected chi connectivity index (χ3v) is 2.73. The van der Waals surface area contributed by atoms with Gasteiger partial charge in [0.05, 0.1) is 6.26 Å². The molecule has 0 saturated heterocycles. The minimum absolute atomic E-state index is 0.200. The van der Waals surface area contributed by atoms with E-state index in [0.717, 1.165) is 6.26 Å². The molecule has 0 radical (unpaired) electrons. The molecule has 0 saturated carbocycles. The normalized spacial score (nSPS) is 14.2. The molecule has 100 valence electrons. The van der Waals surface area contributed by atoms with Crippen molar-refractivity contribution in [1.29, 1.82) is 0 Å². The van der Waals surface area contributed by atoms with Gasteiger partial charge in [-0.05, 0) is 25.1 Å². The number of allylic oxidation sites excluding steroid dienone is 1. The lowest BCUT2D eigenvalue weighted by Crippen LogP contribution is -2.27. The van der Waals surface area contributed by atoms with Crippen LogP contribution in [0.15, 0.2) is 30.0 Å². The van der Waals surface area contributed by atoms with Crippen molar-refractivity contribution < 1.29 is 27.5 Å². The molecule has 0 atom stereocenters. The topological polar surface area (TPSA) is 43.4 Å². The number of Topliss-reactive ketones (excluding diaryl/α,β-unsaturated/α-hetero) is 2. The second-order valence-corrected chi connectivity index (χ2v) is 4.14. The first-order valence-electron chi connectivity index (χ1n) is 5.40. The summed E-state index contributed by atoms with van der Waals surface area (Å²) >= 11 is 0. The van der Waals surface area contributed by atoms with Crippen molar-refractivity contribution in [2.45, 2.75) is 19.5 Å². The second-order valence-electron chi connectivity index (χ2n) is 4.14. The average molecular weight is 270 g/mol. The molecule has 1 aromatic rings. The minimum Gasteiger partial charge on any atom is -0.464 e. The number of ketones is 2. The zero-order valence-corrected chi connectivity index (χ0v) is 9.88. The highest BCUT2D eigenvalue weighted by atomic mass is 19.4. The molecule has 1 aliphatic heterocycles. The first kappa shape index (κ1) is 13.3. The Bertz CT molecular complexity index is 585.